The lowest BCUT2D eigenvalue weighted by Crippen LogP contribution is -2.30. The molecule has 0 amide bonds. The fraction of sp³-hybridized carbons (Fsp3) is 0.167. The van der Waals surface area contributed by atoms with Gasteiger partial charge in [-0.3, -0.25) is 0 Å². The second-order valence-electron chi connectivity index (χ2n) is 13.0. The van der Waals surface area contributed by atoms with Gasteiger partial charge in [-0.1, -0.05) is 183 Å². The molecule has 6 aromatic rings. The van der Waals surface area contributed by atoms with Gasteiger partial charge in [-0.15, -0.1) is 0 Å². The Morgan fingerprint density at radius 2 is 1.24 bits per heavy atom. The van der Waals surface area contributed by atoms with E-state index in [1.54, 1.807) is 0 Å². The molecule has 2 aliphatic carbocycles. The van der Waals surface area contributed by atoms with Crippen molar-refractivity contribution < 1.29 is 0 Å². The number of hydrogen-bond acceptors (Lipinski definition) is 2. The Kier molecular flexibility index (Phi) is 11.2. The van der Waals surface area contributed by atoms with E-state index in [0.717, 1.165) is 31.5 Å². The Balaban J connectivity index is 0.000000184. The molecule has 2 aliphatic rings. The molecule has 0 radical (unpaired) electrons. The van der Waals surface area contributed by atoms with Gasteiger partial charge in [-0.05, 0) is 81.5 Å². The van der Waals surface area contributed by atoms with Crippen LogP contribution >= 0.6 is 0 Å². The summed E-state index contributed by atoms with van der Waals surface area (Å²) in [7, 11) is 0. The highest BCUT2D eigenvalue weighted by molar-refractivity contribution is 5.86. The first-order chi connectivity index (χ1) is 24.6. The van der Waals surface area contributed by atoms with Crippen LogP contribution < -0.4 is 11.1 Å². The lowest BCUT2D eigenvalue weighted by molar-refractivity contribution is 0.679. The van der Waals surface area contributed by atoms with Crippen LogP contribution in [0.1, 0.15) is 54.0 Å². The molecular formula is C48H48N2. The van der Waals surface area contributed by atoms with Gasteiger partial charge < -0.3 is 11.1 Å². The van der Waals surface area contributed by atoms with Gasteiger partial charge in [0.2, 0.25) is 0 Å². The summed E-state index contributed by atoms with van der Waals surface area (Å²) in [6, 6.07) is 53.7. The SMILES string of the molecule is C=C(NCCC)C1=CC=C(C2(c3ccccc3)c3ccccc3-c3ccccc32)CC1.Cc1cccc2ccccc12.NCc1ccccc1. The summed E-state index contributed by atoms with van der Waals surface area (Å²) in [5.41, 5.74) is 18.3. The lowest BCUT2D eigenvalue weighted by atomic mass is 9.65. The first-order valence-electron chi connectivity index (χ1n) is 17.8. The molecular weight excluding hydrogens is 605 g/mol. The number of aryl methyl sites for hydroxylation is 1. The molecule has 0 aromatic heterocycles. The van der Waals surface area contributed by atoms with Crippen LogP contribution in [0.4, 0.5) is 0 Å². The molecule has 0 heterocycles. The van der Waals surface area contributed by atoms with Crippen LogP contribution in [-0.4, -0.2) is 6.54 Å². The number of benzene rings is 6. The van der Waals surface area contributed by atoms with Crippen molar-refractivity contribution in [3.63, 3.8) is 0 Å². The van der Waals surface area contributed by atoms with Crippen LogP contribution in [0.2, 0.25) is 0 Å². The number of nitrogens with one attached hydrogen (secondary N) is 1. The Labute approximate surface area is 298 Å². The van der Waals surface area contributed by atoms with Crippen LogP contribution in [0.25, 0.3) is 21.9 Å². The van der Waals surface area contributed by atoms with E-state index in [9.17, 15) is 0 Å². The molecule has 50 heavy (non-hydrogen) atoms. The Morgan fingerprint density at radius 3 is 1.82 bits per heavy atom. The highest BCUT2D eigenvalue weighted by Crippen LogP contribution is 2.57. The van der Waals surface area contributed by atoms with Gasteiger partial charge in [0, 0.05) is 18.8 Å². The number of allylic oxidation sites excluding steroid dienone is 4. The Bertz CT molecular complexity index is 2050. The summed E-state index contributed by atoms with van der Waals surface area (Å²) in [6.45, 7) is 10.2. The molecule has 2 nitrogen and oxygen atoms in total. The molecule has 6 aromatic carbocycles. The predicted octanol–water partition coefficient (Wildman–Crippen LogP) is 11.5. The highest BCUT2D eigenvalue weighted by atomic mass is 14.9. The highest BCUT2D eigenvalue weighted by Gasteiger charge is 2.47. The van der Waals surface area contributed by atoms with E-state index in [-0.39, 0.29) is 5.41 Å². The third kappa shape index (κ3) is 7.13. The van der Waals surface area contributed by atoms with E-state index in [0.29, 0.717) is 6.54 Å². The smallest absolute Gasteiger partial charge is 0.0676 e. The Morgan fingerprint density at radius 1 is 0.660 bits per heavy atom. The van der Waals surface area contributed by atoms with E-state index in [4.69, 9.17) is 5.73 Å². The summed E-state index contributed by atoms with van der Waals surface area (Å²) in [6.07, 6.45) is 7.80. The van der Waals surface area contributed by atoms with Crippen molar-refractivity contribution >= 4 is 10.8 Å². The van der Waals surface area contributed by atoms with Gasteiger partial charge in [-0.2, -0.15) is 0 Å². The van der Waals surface area contributed by atoms with Crippen LogP contribution in [0, 0.1) is 6.92 Å². The number of hydrogen-bond donors (Lipinski definition) is 2. The second-order valence-corrected chi connectivity index (χ2v) is 13.0. The maximum absolute atomic E-state index is 5.35. The molecule has 0 unspecified atom stereocenters. The van der Waals surface area contributed by atoms with Crippen LogP contribution in [0.5, 0.6) is 0 Å². The first kappa shape index (κ1) is 34.4. The monoisotopic (exact) mass is 652 g/mol. The number of rotatable bonds is 7. The molecule has 0 saturated heterocycles. The van der Waals surface area contributed by atoms with Crippen LogP contribution in [0.3, 0.4) is 0 Å². The van der Waals surface area contributed by atoms with E-state index in [2.05, 4.69) is 159 Å². The molecule has 0 spiro atoms. The molecule has 3 N–H and O–H groups in total. The molecule has 0 aliphatic heterocycles. The summed E-state index contributed by atoms with van der Waals surface area (Å²) >= 11 is 0. The lowest BCUT2D eigenvalue weighted by Gasteiger charge is -2.37. The summed E-state index contributed by atoms with van der Waals surface area (Å²) < 4.78 is 0. The minimum Gasteiger partial charge on any atom is -0.385 e. The van der Waals surface area contributed by atoms with Gasteiger partial charge >= 0.3 is 0 Å². The first-order valence-corrected chi connectivity index (χ1v) is 17.8. The van der Waals surface area contributed by atoms with Crippen LogP contribution in [-0.2, 0) is 12.0 Å². The van der Waals surface area contributed by atoms with Crippen molar-refractivity contribution in [2.24, 2.45) is 5.73 Å². The van der Waals surface area contributed by atoms with Crippen LogP contribution in [0.15, 0.2) is 187 Å². The third-order valence-corrected chi connectivity index (χ3v) is 9.85. The fourth-order valence-electron chi connectivity index (χ4n) is 7.36. The summed E-state index contributed by atoms with van der Waals surface area (Å²) in [5.74, 6) is 0. The van der Waals surface area contributed by atoms with Gasteiger partial charge in [0.1, 0.15) is 0 Å². The maximum Gasteiger partial charge on any atom is 0.0676 e. The van der Waals surface area contributed by atoms with Crippen molar-refractivity contribution in [1.29, 1.82) is 0 Å². The van der Waals surface area contributed by atoms with Crippen molar-refractivity contribution in [2.45, 2.75) is 45.1 Å². The maximum atomic E-state index is 5.35. The molecule has 0 bridgehead atoms. The molecule has 0 fully saturated rings. The zero-order chi connectivity index (χ0) is 34.8. The van der Waals surface area contributed by atoms with Crippen molar-refractivity contribution in [1.82, 2.24) is 5.32 Å². The van der Waals surface area contributed by atoms with Gasteiger partial charge in [0.25, 0.3) is 0 Å². The normalized spacial score (nSPS) is 13.7. The van der Waals surface area contributed by atoms with Gasteiger partial charge in [0.05, 0.1) is 5.41 Å². The van der Waals surface area contributed by atoms with Crippen molar-refractivity contribution in [3.05, 3.63) is 215 Å². The van der Waals surface area contributed by atoms with E-state index >= 15 is 0 Å². The predicted molar refractivity (Wildman–Crippen MR) is 214 cm³/mol. The summed E-state index contributed by atoms with van der Waals surface area (Å²) in [4.78, 5) is 0. The van der Waals surface area contributed by atoms with Gasteiger partial charge in [0.15, 0.2) is 0 Å². The molecule has 250 valence electrons. The van der Waals surface area contributed by atoms with Gasteiger partial charge in [-0.25, -0.2) is 0 Å². The van der Waals surface area contributed by atoms with E-state index < -0.39 is 0 Å². The molecule has 8 rings (SSSR count). The fourth-order valence-corrected chi connectivity index (χ4v) is 7.36. The topological polar surface area (TPSA) is 38.0 Å². The molecule has 0 saturated carbocycles. The Hall–Kier alpha value is -5.44. The summed E-state index contributed by atoms with van der Waals surface area (Å²) in [5, 5.41) is 6.15. The minimum atomic E-state index is -0.241. The minimum absolute atomic E-state index is 0.241. The van der Waals surface area contributed by atoms with Crippen molar-refractivity contribution in [2.75, 3.05) is 6.54 Å². The quantitative estimate of drug-likeness (QED) is 0.180. The molecule has 0 atom stereocenters. The zero-order valence-corrected chi connectivity index (χ0v) is 29.4. The average Bonchev–Trinajstić information content (AvgIpc) is 3.49. The van der Waals surface area contributed by atoms with Crippen molar-refractivity contribution in [3.8, 4) is 11.1 Å². The number of fused-ring (bicyclic) bond motifs is 4. The largest absolute Gasteiger partial charge is 0.385 e. The second kappa shape index (κ2) is 16.3. The molecule has 2 heteroatoms. The third-order valence-electron chi connectivity index (χ3n) is 9.85. The van der Waals surface area contributed by atoms with E-state index in [1.807, 2.05) is 30.3 Å². The zero-order valence-electron chi connectivity index (χ0n) is 29.4. The number of nitrogens with two attached hydrogens (primary N) is 1. The standard InChI is InChI=1S/C30H29N.C11H10.C7H9N/c1-3-21-31-22(2)23-17-19-25(20-18-23)30(24-11-5-4-6-12-24)28-15-9-7-13-26(28)27-14-8-10-16-29(27)30;1-9-5-4-7-10-6-2-3-8-11(9)10;8-6-7-4-2-1-3-5-7/h4-17,19,31H,2-3,18,20-21H2,1H3;2-8H,1H3;1-5H,6,8H2. The van der Waals surface area contributed by atoms with E-state index in [1.165, 1.54) is 60.9 Å². The average molecular weight is 653 g/mol.